The van der Waals surface area contributed by atoms with Gasteiger partial charge in [-0.3, -0.25) is 0 Å². The molecule has 1 saturated heterocycles. The summed E-state index contributed by atoms with van der Waals surface area (Å²) in [5.41, 5.74) is -0.294. The van der Waals surface area contributed by atoms with E-state index in [2.05, 4.69) is 4.72 Å². The van der Waals surface area contributed by atoms with Crippen molar-refractivity contribution in [2.24, 2.45) is 0 Å². The maximum atomic E-state index is 12.3. The van der Waals surface area contributed by atoms with Crippen LogP contribution in [0.3, 0.4) is 0 Å². The standard InChI is InChI=1S/C11H11Cl2NO4S2/c12-8-4-9(13)10(3-7(8)11(15)16)20(17,18)14-6-1-2-19-5-6/h3-4,6,14H,1-2,5H2,(H,15,16). The zero-order valence-corrected chi connectivity index (χ0v) is 13.2. The monoisotopic (exact) mass is 355 g/mol. The van der Waals surface area contributed by atoms with E-state index in [1.807, 2.05) is 0 Å². The lowest BCUT2D eigenvalue weighted by Gasteiger charge is -2.14. The topological polar surface area (TPSA) is 83.5 Å². The summed E-state index contributed by atoms with van der Waals surface area (Å²) < 4.78 is 27.0. The van der Waals surface area contributed by atoms with Crippen LogP contribution in [-0.4, -0.2) is 37.0 Å². The number of carboxylic acid groups (broad SMARTS) is 1. The molecule has 0 aromatic heterocycles. The first-order chi connectivity index (χ1) is 9.31. The number of nitrogens with one attached hydrogen (secondary N) is 1. The normalized spacial score (nSPS) is 19.2. The molecule has 1 aromatic rings. The summed E-state index contributed by atoms with van der Waals surface area (Å²) in [6, 6.07) is 1.95. The van der Waals surface area contributed by atoms with Crippen LogP contribution in [0.25, 0.3) is 0 Å². The molecule has 1 unspecified atom stereocenters. The molecule has 5 nitrogen and oxygen atoms in total. The third-order valence-electron chi connectivity index (χ3n) is 2.79. The Balaban J connectivity index is 2.40. The molecule has 0 spiro atoms. The Kier molecular flexibility index (Phi) is 4.86. The summed E-state index contributed by atoms with van der Waals surface area (Å²) >= 11 is 13.3. The van der Waals surface area contributed by atoms with Crippen LogP contribution in [0.4, 0.5) is 0 Å². The molecule has 110 valence electrons. The van der Waals surface area contributed by atoms with E-state index < -0.39 is 16.0 Å². The molecule has 1 atom stereocenters. The molecule has 0 aliphatic carbocycles. The first-order valence-electron chi connectivity index (χ1n) is 5.63. The molecular formula is C11H11Cl2NO4S2. The van der Waals surface area contributed by atoms with Crippen molar-refractivity contribution >= 4 is 51.0 Å². The molecule has 0 radical (unpaired) electrons. The van der Waals surface area contributed by atoms with Crippen molar-refractivity contribution in [1.29, 1.82) is 0 Å². The Labute approximate surface area is 130 Å². The Morgan fingerprint density at radius 3 is 2.60 bits per heavy atom. The largest absolute Gasteiger partial charge is 0.478 e. The Morgan fingerprint density at radius 1 is 1.35 bits per heavy atom. The number of rotatable bonds is 4. The van der Waals surface area contributed by atoms with E-state index in [0.717, 1.165) is 24.3 Å². The van der Waals surface area contributed by atoms with Gasteiger partial charge in [-0.15, -0.1) is 0 Å². The van der Waals surface area contributed by atoms with Crippen LogP contribution in [0.1, 0.15) is 16.8 Å². The first-order valence-corrected chi connectivity index (χ1v) is 9.03. The summed E-state index contributed by atoms with van der Waals surface area (Å²) in [6.07, 6.45) is 0.737. The quantitative estimate of drug-likeness (QED) is 0.866. The molecule has 1 heterocycles. The van der Waals surface area contributed by atoms with Crippen LogP contribution in [0.15, 0.2) is 17.0 Å². The average molecular weight is 356 g/mol. The van der Waals surface area contributed by atoms with Crippen LogP contribution in [0, 0.1) is 0 Å². The van der Waals surface area contributed by atoms with Gasteiger partial charge < -0.3 is 5.11 Å². The number of carbonyl (C=O) groups is 1. The summed E-state index contributed by atoms with van der Waals surface area (Å²) in [5, 5.41) is 8.79. The highest BCUT2D eigenvalue weighted by Gasteiger charge is 2.26. The van der Waals surface area contributed by atoms with Gasteiger partial charge in [0, 0.05) is 11.8 Å². The van der Waals surface area contributed by atoms with Gasteiger partial charge in [0.25, 0.3) is 0 Å². The fourth-order valence-electron chi connectivity index (χ4n) is 1.81. The Hall–Kier alpha value is -0.470. The lowest BCUT2D eigenvalue weighted by Crippen LogP contribution is -2.34. The predicted octanol–water partition coefficient (Wildman–Crippen LogP) is 2.48. The van der Waals surface area contributed by atoms with Gasteiger partial charge >= 0.3 is 5.97 Å². The summed E-state index contributed by atoms with van der Waals surface area (Å²) in [6.45, 7) is 0. The van der Waals surface area contributed by atoms with E-state index in [1.54, 1.807) is 11.8 Å². The molecule has 0 saturated carbocycles. The van der Waals surface area contributed by atoms with Crippen LogP contribution in [-0.2, 0) is 10.0 Å². The smallest absolute Gasteiger partial charge is 0.337 e. The van der Waals surface area contributed by atoms with Crippen molar-refractivity contribution in [3.63, 3.8) is 0 Å². The number of hydrogen-bond donors (Lipinski definition) is 2. The minimum Gasteiger partial charge on any atom is -0.478 e. The fourth-order valence-corrected chi connectivity index (χ4v) is 5.19. The number of hydrogen-bond acceptors (Lipinski definition) is 4. The van der Waals surface area contributed by atoms with Gasteiger partial charge in [0.1, 0.15) is 4.90 Å². The maximum absolute atomic E-state index is 12.3. The van der Waals surface area contributed by atoms with Gasteiger partial charge in [0.15, 0.2) is 0 Å². The molecule has 1 fully saturated rings. The van der Waals surface area contributed by atoms with Crippen LogP contribution >= 0.6 is 35.0 Å². The fraction of sp³-hybridized carbons (Fsp3) is 0.364. The van der Waals surface area contributed by atoms with Crippen LogP contribution in [0.2, 0.25) is 10.0 Å². The molecular weight excluding hydrogens is 345 g/mol. The summed E-state index contributed by atoms with van der Waals surface area (Å²) in [7, 11) is -3.86. The molecule has 2 rings (SSSR count). The molecule has 1 aromatic carbocycles. The molecule has 20 heavy (non-hydrogen) atoms. The highest BCUT2D eigenvalue weighted by molar-refractivity contribution is 7.99. The first kappa shape index (κ1) is 15.9. The number of thioether (sulfide) groups is 1. The zero-order chi connectivity index (χ0) is 14.9. The van der Waals surface area contributed by atoms with E-state index in [4.69, 9.17) is 28.3 Å². The second-order valence-electron chi connectivity index (χ2n) is 4.25. The second kappa shape index (κ2) is 6.11. The third-order valence-corrected chi connectivity index (χ3v) is 6.25. The van der Waals surface area contributed by atoms with Crippen LogP contribution in [0.5, 0.6) is 0 Å². The Bertz CT molecular complexity index is 642. The van der Waals surface area contributed by atoms with Crippen molar-refractivity contribution in [3.05, 3.63) is 27.7 Å². The lowest BCUT2D eigenvalue weighted by molar-refractivity contribution is 0.0697. The van der Waals surface area contributed by atoms with Crippen molar-refractivity contribution in [1.82, 2.24) is 4.72 Å². The zero-order valence-electron chi connectivity index (χ0n) is 10.1. The third kappa shape index (κ3) is 3.40. The van der Waals surface area contributed by atoms with Gasteiger partial charge in [-0.25, -0.2) is 17.9 Å². The maximum Gasteiger partial charge on any atom is 0.337 e. The van der Waals surface area contributed by atoms with Crippen molar-refractivity contribution in [3.8, 4) is 0 Å². The molecule has 0 amide bonds. The Morgan fingerprint density at radius 2 is 2.05 bits per heavy atom. The molecule has 0 bridgehead atoms. The van der Waals surface area contributed by atoms with Gasteiger partial charge in [0.05, 0.1) is 15.6 Å². The van der Waals surface area contributed by atoms with E-state index in [-0.39, 0.29) is 26.5 Å². The van der Waals surface area contributed by atoms with Crippen molar-refractivity contribution < 1.29 is 18.3 Å². The molecule has 1 aliphatic heterocycles. The molecule has 1 aliphatic rings. The summed E-state index contributed by atoms with van der Waals surface area (Å²) in [5.74, 6) is 0.276. The molecule has 2 N–H and O–H groups in total. The highest BCUT2D eigenvalue weighted by Crippen LogP contribution is 2.29. The number of aromatic carboxylic acids is 1. The highest BCUT2D eigenvalue weighted by atomic mass is 35.5. The van der Waals surface area contributed by atoms with Crippen molar-refractivity contribution in [2.75, 3.05) is 11.5 Å². The van der Waals surface area contributed by atoms with Gasteiger partial charge in [0.2, 0.25) is 10.0 Å². The van der Waals surface area contributed by atoms with Gasteiger partial charge in [-0.2, -0.15) is 11.8 Å². The van der Waals surface area contributed by atoms with E-state index in [0.29, 0.717) is 5.75 Å². The van der Waals surface area contributed by atoms with Crippen molar-refractivity contribution in [2.45, 2.75) is 17.4 Å². The average Bonchev–Trinajstić information content (AvgIpc) is 2.79. The van der Waals surface area contributed by atoms with Gasteiger partial charge in [-0.1, -0.05) is 23.2 Å². The van der Waals surface area contributed by atoms with Gasteiger partial charge in [-0.05, 0) is 24.3 Å². The molecule has 9 heteroatoms. The number of benzene rings is 1. The lowest BCUT2D eigenvalue weighted by atomic mass is 10.2. The number of halogens is 2. The van der Waals surface area contributed by atoms with Crippen LogP contribution < -0.4 is 4.72 Å². The predicted molar refractivity (Wildman–Crippen MR) is 79.5 cm³/mol. The van der Waals surface area contributed by atoms with E-state index >= 15 is 0 Å². The number of sulfonamides is 1. The minimum atomic E-state index is -3.86. The van der Waals surface area contributed by atoms with E-state index in [9.17, 15) is 13.2 Å². The number of carboxylic acids is 1. The SMILES string of the molecule is O=C(O)c1cc(S(=O)(=O)NC2CCSC2)c(Cl)cc1Cl. The minimum absolute atomic E-state index is 0.0989. The summed E-state index contributed by atoms with van der Waals surface area (Å²) in [4.78, 5) is 10.7. The van der Waals surface area contributed by atoms with E-state index in [1.165, 1.54) is 0 Å². The second-order valence-corrected chi connectivity index (χ2v) is 7.90.